The largest absolute Gasteiger partial charge is 0.334 e. The highest BCUT2D eigenvalue weighted by Crippen LogP contribution is 2.38. The molecular formula is C17H23N3O. The first-order chi connectivity index (χ1) is 10.3. The van der Waals surface area contributed by atoms with Crippen LogP contribution < -0.4 is 5.73 Å². The van der Waals surface area contributed by atoms with Crippen LogP contribution in [0.4, 0.5) is 0 Å². The topological polar surface area (TPSA) is 64.9 Å². The fourth-order valence-corrected chi connectivity index (χ4v) is 3.22. The molecule has 4 nitrogen and oxygen atoms in total. The van der Waals surface area contributed by atoms with Gasteiger partial charge in [-0.1, -0.05) is 30.6 Å². The highest BCUT2D eigenvalue weighted by Gasteiger charge is 2.28. The molecule has 0 radical (unpaired) electrons. The van der Waals surface area contributed by atoms with Crippen molar-refractivity contribution >= 4 is 0 Å². The molecule has 0 saturated heterocycles. The molecule has 2 N–H and O–H groups in total. The monoisotopic (exact) mass is 285 g/mol. The summed E-state index contributed by atoms with van der Waals surface area (Å²) >= 11 is 0. The van der Waals surface area contributed by atoms with Gasteiger partial charge in [0, 0.05) is 11.5 Å². The van der Waals surface area contributed by atoms with Gasteiger partial charge in [-0.2, -0.15) is 4.98 Å². The summed E-state index contributed by atoms with van der Waals surface area (Å²) in [5.41, 5.74) is 7.81. The van der Waals surface area contributed by atoms with Crippen LogP contribution in [0, 0.1) is 5.92 Å². The van der Waals surface area contributed by atoms with Gasteiger partial charge in [0.2, 0.25) is 0 Å². The summed E-state index contributed by atoms with van der Waals surface area (Å²) in [6, 6.07) is 8.21. The molecule has 1 aromatic heterocycles. The lowest BCUT2D eigenvalue weighted by molar-refractivity contribution is 0.413. The number of aromatic nitrogens is 2. The molecule has 21 heavy (non-hydrogen) atoms. The van der Waals surface area contributed by atoms with Crippen molar-refractivity contribution in [3.05, 3.63) is 35.7 Å². The van der Waals surface area contributed by atoms with Crippen LogP contribution in [0.2, 0.25) is 0 Å². The Kier molecular flexibility index (Phi) is 4.34. The van der Waals surface area contributed by atoms with Crippen LogP contribution in [-0.4, -0.2) is 16.7 Å². The fraction of sp³-hybridized carbons (Fsp3) is 0.529. The highest BCUT2D eigenvalue weighted by molar-refractivity contribution is 5.54. The number of hydrogen-bond acceptors (Lipinski definition) is 4. The van der Waals surface area contributed by atoms with Crippen LogP contribution in [0.15, 0.2) is 28.8 Å². The molecule has 4 heteroatoms. The third-order valence-electron chi connectivity index (χ3n) is 4.53. The van der Waals surface area contributed by atoms with E-state index in [2.05, 4.69) is 29.2 Å². The van der Waals surface area contributed by atoms with Crippen LogP contribution in [0.1, 0.15) is 49.9 Å². The van der Waals surface area contributed by atoms with E-state index in [1.165, 1.54) is 31.2 Å². The molecule has 1 fully saturated rings. The summed E-state index contributed by atoms with van der Waals surface area (Å²) < 4.78 is 5.47. The van der Waals surface area contributed by atoms with Crippen LogP contribution in [0.3, 0.4) is 0 Å². The zero-order valence-corrected chi connectivity index (χ0v) is 12.6. The molecule has 1 heterocycles. The van der Waals surface area contributed by atoms with Gasteiger partial charge >= 0.3 is 0 Å². The molecule has 2 aromatic rings. The quantitative estimate of drug-likeness (QED) is 0.912. The fourth-order valence-electron chi connectivity index (χ4n) is 3.22. The van der Waals surface area contributed by atoms with Crippen molar-refractivity contribution in [2.24, 2.45) is 11.7 Å². The van der Waals surface area contributed by atoms with Crippen molar-refractivity contribution < 1.29 is 4.52 Å². The maximum Gasteiger partial charge on any atom is 0.257 e. The standard InChI is InChI=1S/C17H23N3O/c1-2-12-6-7-14(10-12)16-19-17(21-20-16)15-5-3-4-13(11-15)8-9-18/h3-5,11-12,14H,2,6-10,18H2,1H3. The van der Waals surface area contributed by atoms with E-state index in [4.69, 9.17) is 10.3 Å². The van der Waals surface area contributed by atoms with Crippen molar-refractivity contribution in [2.75, 3.05) is 6.54 Å². The first-order valence-corrected chi connectivity index (χ1v) is 7.93. The van der Waals surface area contributed by atoms with Crippen molar-refractivity contribution in [3.63, 3.8) is 0 Å². The first kappa shape index (κ1) is 14.3. The molecule has 1 aromatic carbocycles. The van der Waals surface area contributed by atoms with Crippen LogP contribution in [-0.2, 0) is 6.42 Å². The molecule has 2 unspecified atom stereocenters. The lowest BCUT2D eigenvalue weighted by Crippen LogP contribution is -2.02. The molecule has 1 aliphatic carbocycles. The summed E-state index contributed by atoms with van der Waals surface area (Å²) in [5.74, 6) is 2.80. The van der Waals surface area contributed by atoms with E-state index in [1.54, 1.807) is 0 Å². The molecule has 2 atom stereocenters. The lowest BCUT2D eigenvalue weighted by atomic mass is 10.0. The van der Waals surface area contributed by atoms with E-state index in [9.17, 15) is 0 Å². The van der Waals surface area contributed by atoms with E-state index in [-0.39, 0.29) is 0 Å². The number of benzene rings is 1. The summed E-state index contributed by atoms with van der Waals surface area (Å²) in [6.45, 7) is 2.91. The lowest BCUT2D eigenvalue weighted by Gasteiger charge is -2.04. The Morgan fingerprint density at radius 3 is 3.00 bits per heavy atom. The molecule has 0 spiro atoms. The van der Waals surface area contributed by atoms with E-state index in [0.29, 0.717) is 18.4 Å². The van der Waals surface area contributed by atoms with Gasteiger partial charge in [0.25, 0.3) is 5.89 Å². The predicted octanol–water partition coefficient (Wildman–Crippen LogP) is 3.53. The maximum absolute atomic E-state index is 5.61. The second kappa shape index (κ2) is 6.39. The van der Waals surface area contributed by atoms with Crippen LogP contribution in [0.25, 0.3) is 11.5 Å². The van der Waals surface area contributed by atoms with Gasteiger partial charge in [0.1, 0.15) is 0 Å². The number of nitrogens with zero attached hydrogens (tertiary/aromatic N) is 2. The zero-order chi connectivity index (χ0) is 14.7. The first-order valence-electron chi connectivity index (χ1n) is 7.93. The summed E-state index contributed by atoms with van der Waals surface area (Å²) in [6.07, 6.45) is 5.79. The second-order valence-electron chi connectivity index (χ2n) is 5.98. The molecule has 1 aliphatic rings. The molecule has 0 amide bonds. The third kappa shape index (κ3) is 3.16. The Hall–Kier alpha value is -1.68. The van der Waals surface area contributed by atoms with Gasteiger partial charge in [0.05, 0.1) is 0 Å². The molecule has 3 rings (SSSR count). The summed E-state index contributed by atoms with van der Waals surface area (Å²) in [5, 5.41) is 4.21. The second-order valence-corrected chi connectivity index (χ2v) is 5.98. The van der Waals surface area contributed by atoms with Crippen molar-refractivity contribution in [1.29, 1.82) is 0 Å². The molecule has 0 aliphatic heterocycles. The minimum atomic E-state index is 0.472. The third-order valence-corrected chi connectivity index (χ3v) is 4.53. The maximum atomic E-state index is 5.61. The molecular weight excluding hydrogens is 262 g/mol. The van der Waals surface area contributed by atoms with E-state index in [0.717, 1.165) is 23.7 Å². The molecule has 0 bridgehead atoms. The van der Waals surface area contributed by atoms with Gasteiger partial charge in [-0.05, 0) is 55.8 Å². The molecule has 1 saturated carbocycles. The minimum Gasteiger partial charge on any atom is -0.334 e. The Labute approximate surface area is 125 Å². The predicted molar refractivity (Wildman–Crippen MR) is 82.9 cm³/mol. The SMILES string of the molecule is CCC1CCC(c2noc(-c3cccc(CCN)c3)n2)C1. The zero-order valence-electron chi connectivity index (χ0n) is 12.6. The van der Waals surface area contributed by atoms with Gasteiger partial charge in [-0.25, -0.2) is 0 Å². The van der Waals surface area contributed by atoms with E-state index >= 15 is 0 Å². The van der Waals surface area contributed by atoms with Gasteiger partial charge in [-0.3, -0.25) is 0 Å². The Morgan fingerprint density at radius 1 is 1.33 bits per heavy atom. The van der Waals surface area contributed by atoms with Crippen molar-refractivity contribution in [1.82, 2.24) is 10.1 Å². The van der Waals surface area contributed by atoms with Gasteiger partial charge < -0.3 is 10.3 Å². The Bertz CT molecular complexity index is 593. The van der Waals surface area contributed by atoms with Crippen LogP contribution >= 0.6 is 0 Å². The smallest absolute Gasteiger partial charge is 0.257 e. The average molecular weight is 285 g/mol. The summed E-state index contributed by atoms with van der Waals surface area (Å²) in [7, 11) is 0. The summed E-state index contributed by atoms with van der Waals surface area (Å²) in [4.78, 5) is 4.62. The Morgan fingerprint density at radius 2 is 2.24 bits per heavy atom. The molecule has 112 valence electrons. The van der Waals surface area contributed by atoms with Crippen molar-refractivity contribution in [2.45, 2.75) is 44.9 Å². The average Bonchev–Trinajstić information content (AvgIpc) is 3.17. The minimum absolute atomic E-state index is 0.472. The number of nitrogens with two attached hydrogens (primary N) is 1. The normalized spacial score (nSPS) is 21.8. The Balaban J connectivity index is 1.77. The highest BCUT2D eigenvalue weighted by atomic mass is 16.5. The van der Waals surface area contributed by atoms with E-state index in [1.807, 2.05) is 12.1 Å². The van der Waals surface area contributed by atoms with E-state index < -0.39 is 0 Å². The number of hydrogen-bond donors (Lipinski definition) is 1. The van der Waals surface area contributed by atoms with Gasteiger partial charge in [0.15, 0.2) is 5.82 Å². The van der Waals surface area contributed by atoms with Crippen molar-refractivity contribution in [3.8, 4) is 11.5 Å². The number of rotatable bonds is 5. The van der Waals surface area contributed by atoms with Crippen LogP contribution in [0.5, 0.6) is 0 Å². The van der Waals surface area contributed by atoms with Gasteiger partial charge in [-0.15, -0.1) is 0 Å².